The van der Waals surface area contributed by atoms with Crippen LogP contribution in [0.5, 0.6) is 5.75 Å². The minimum Gasteiger partial charge on any atom is -0.496 e. The van der Waals surface area contributed by atoms with Crippen molar-refractivity contribution in [3.63, 3.8) is 0 Å². The van der Waals surface area contributed by atoms with Gasteiger partial charge in [-0.2, -0.15) is 0 Å². The first-order valence-corrected chi connectivity index (χ1v) is 7.26. The highest BCUT2D eigenvalue weighted by Crippen LogP contribution is 2.25. The third-order valence-corrected chi connectivity index (χ3v) is 4.18. The normalized spacial score (nSPS) is 12.2. The first-order chi connectivity index (χ1) is 9.10. The molecule has 0 fully saturated rings. The van der Waals surface area contributed by atoms with E-state index in [1.165, 1.54) is 25.3 Å². The lowest BCUT2D eigenvalue weighted by Gasteiger charge is -2.09. The van der Waals surface area contributed by atoms with Crippen molar-refractivity contribution >= 4 is 22.4 Å². The molecule has 0 saturated carbocycles. The van der Waals surface area contributed by atoms with Crippen LogP contribution < -0.4 is 4.74 Å². The standard InChI is InChI=1S/C14H12ClFO2S/c1-18-14-6-5-11(15)7-10(14)9-19(17)13-4-2-3-12(16)8-13/h2-8H,9H2,1H3. The van der Waals surface area contributed by atoms with Gasteiger partial charge in [0.2, 0.25) is 0 Å². The Morgan fingerprint density at radius 3 is 2.74 bits per heavy atom. The maximum absolute atomic E-state index is 13.1. The Morgan fingerprint density at radius 2 is 2.05 bits per heavy atom. The molecule has 0 heterocycles. The van der Waals surface area contributed by atoms with E-state index >= 15 is 0 Å². The number of halogens is 2. The second-order valence-electron chi connectivity index (χ2n) is 3.90. The molecule has 2 aromatic carbocycles. The van der Waals surface area contributed by atoms with E-state index in [0.717, 1.165) is 5.56 Å². The summed E-state index contributed by atoms with van der Waals surface area (Å²) in [5.74, 6) is 0.450. The van der Waals surface area contributed by atoms with Gasteiger partial charge < -0.3 is 4.74 Å². The third-order valence-electron chi connectivity index (χ3n) is 2.59. The van der Waals surface area contributed by atoms with Crippen LogP contribution in [0.2, 0.25) is 5.02 Å². The lowest BCUT2D eigenvalue weighted by molar-refractivity contribution is 0.411. The molecule has 1 atom stereocenters. The average Bonchev–Trinajstić information content (AvgIpc) is 2.39. The molecule has 0 spiro atoms. The summed E-state index contributed by atoms with van der Waals surface area (Å²) in [7, 11) is 0.196. The second kappa shape index (κ2) is 6.17. The zero-order valence-electron chi connectivity index (χ0n) is 10.2. The molecule has 0 bridgehead atoms. The van der Waals surface area contributed by atoms with Gasteiger partial charge in [0, 0.05) is 15.5 Å². The van der Waals surface area contributed by atoms with E-state index in [-0.39, 0.29) is 5.75 Å². The summed E-state index contributed by atoms with van der Waals surface area (Å²) in [6.45, 7) is 0. The molecule has 0 N–H and O–H groups in total. The molecule has 2 aromatic rings. The van der Waals surface area contributed by atoms with Crippen molar-refractivity contribution in [1.29, 1.82) is 0 Å². The summed E-state index contributed by atoms with van der Waals surface area (Å²) in [6.07, 6.45) is 0. The fourth-order valence-electron chi connectivity index (χ4n) is 1.69. The van der Waals surface area contributed by atoms with Gasteiger partial charge in [-0.3, -0.25) is 4.21 Å². The molecule has 0 aliphatic heterocycles. The Hall–Kier alpha value is -1.39. The minimum atomic E-state index is -1.34. The Morgan fingerprint density at radius 1 is 1.26 bits per heavy atom. The van der Waals surface area contributed by atoms with Crippen LogP contribution in [-0.2, 0) is 16.6 Å². The summed E-state index contributed by atoms with van der Waals surface area (Å²) in [5, 5.41) is 0.548. The van der Waals surface area contributed by atoms with E-state index in [4.69, 9.17) is 16.3 Å². The summed E-state index contributed by atoms with van der Waals surface area (Å²) >= 11 is 5.91. The first kappa shape index (κ1) is 14.0. The fraction of sp³-hybridized carbons (Fsp3) is 0.143. The highest BCUT2D eigenvalue weighted by Gasteiger charge is 2.10. The first-order valence-electron chi connectivity index (χ1n) is 5.56. The molecule has 0 aliphatic rings. The topological polar surface area (TPSA) is 26.3 Å². The number of ether oxygens (including phenoxy) is 1. The summed E-state index contributed by atoms with van der Waals surface area (Å²) in [4.78, 5) is 0.446. The van der Waals surface area contributed by atoms with Crippen LogP contribution >= 0.6 is 11.6 Å². The summed E-state index contributed by atoms with van der Waals surface area (Å²) in [5.41, 5.74) is 0.734. The number of methoxy groups -OCH3 is 1. The number of benzene rings is 2. The zero-order valence-corrected chi connectivity index (χ0v) is 11.8. The molecule has 0 aliphatic carbocycles. The van der Waals surface area contributed by atoms with Gasteiger partial charge in [-0.25, -0.2) is 4.39 Å². The second-order valence-corrected chi connectivity index (χ2v) is 5.79. The van der Waals surface area contributed by atoms with Gasteiger partial charge in [0.15, 0.2) is 0 Å². The Balaban J connectivity index is 2.26. The molecule has 0 amide bonds. The Kier molecular flexibility index (Phi) is 4.56. The van der Waals surface area contributed by atoms with Crippen LogP contribution in [0.1, 0.15) is 5.56 Å². The predicted octanol–water partition coefficient (Wildman–Crippen LogP) is 3.80. The van der Waals surface area contributed by atoms with E-state index < -0.39 is 16.6 Å². The van der Waals surface area contributed by atoms with Crippen molar-refractivity contribution in [3.8, 4) is 5.75 Å². The SMILES string of the molecule is COc1ccc(Cl)cc1CS(=O)c1cccc(F)c1. The molecular formula is C14H12ClFO2S. The quantitative estimate of drug-likeness (QED) is 0.858. The molecule has 5 heteroatoms. The minimum absolute atomic E-state index is 0.229. The van der Waals surface area contributed by atoms with Crippen molar-refractivity contribution in [2.45, 2.75) is 10.6 Å². The number of rotatable bonds is 4. The zero-order chi connectivity index (χ0) is 13.8. The summed E-state index contributed by atoms with van der Waals surface area (Å²) in [6, 6.07) is 10.9. The molecule has 19 heavy (non-hydrogen) atoms. The fourth-order valence-corrected chi connectivity index (χ4v) is 3.04. The van der Waals surface area contributed by atoms with E-state index in [1.807, 2.05) is 0 Å². The van der Waals surface area contributed by atoms with Crippen LogP contribution in [0.15, 0.2) is 47.4 Å². The van der Waals surface area contributed by atoms with Crippen LogP contribution in [0, 0.1) is 5.82 Å². The predicted molar refractivity (Wildman–Crippen MR) is 74.5 cm³/mol. The number of hydrogen-bond acceptors (Lipinski definition) is 2. The summed E-state index contributed by atoms with van der Waals surface area (Å²) < 4.78 is 30.5. The molecule has 2 rings (SSSR count). The molecule has 0 radical (unpaired) electrons. The molecule has 2 nitrogen and oxygen atoms in total. The van der Waals surface area contributed by atoms with Crippen LogP contribution in [0.4, 0.5) is 4.39 Å². The van der Waals surface area contributed by atoms with Crippen LogP contribution in [0.25, 0.3) is 0 Å². The maximum atomic E-state index is 13.1. The molecular weight excluding hydrogens is 287 g/mol. The lowest BCUT2D eigenvalue weighted by atomic mass is 10.2. The number of hydrogen-bond donors (Lipinski definition) is 0. The van der Waals surface area contributed by atoms with Crippen molar-refractivity contribution in [3.05, 3.63) is 58.9 Å². The van der Waals surface area contributed by atoms with Crippen molar-refractivity contribution in [2.75, 3.05) is 7.11 Å². The smallest absolute Gasteiger partial charge is 0.124 e. The lowest BCUT2D eigenvalue weighted by Crippen LogP contribution is -1.99. The molecule has 0 aromatic heterocycles. The van der Waals surface area contributed by atoms with Gasteiger partial charge in [0.25, 0.3) is 0 Å². The van der Waals surface area contributed by atoms with E-state index in [2.05, 4.69) is 0 Å². The van der Waals surface area contributed by atoms with Gasteiger partial charge in [0.1, 0.15) is 11.6 Å². The monoisotopic (exact) mass is 298 g/mol. The van der Waals surface area contributed by atoms with E-state index in [9.17, 15) is 8.60 Å². The van der Waals surface area contributed by atoms with Crippen molar-refractivity contribution in [1.82, 2.24) is 0 Å². The molecule has 100 valence electrons. The van der Waals surface area contributed by atoms with E-state index in [0.29, 0.717) is 15.7 Å². The third kappa shape index (κ3) is 3.55. The molecule has 1 unspecified atom stereocenters. The van der Waals surface area contributed by atoms with Crippen LogP contribution in [0.3, 0.4) is 0 Å². The largest absolute Gasteiger partial charge is 0.496 e. The van der Waals surface area contributed by atoms with Crippen molar-refractivity contribution in [2.24, 2.45) is 0 Å². The van der Waals surface area contributed by atoms with Gasteiger partial charge >= 0.3 is 0 Å². The molecule has 0 saturated heterocycles. The van der Waals surface area contributed by atoms with E-state index in [1.54, 1.807) is 24.3 Å². The average molecular weight is 299 g/mol. The Labute approximate surface area is 118 Å². The highest BCUT2D eigenvalue weighted by molar-refractivity contribution is 7.84. The van der Waals surface area contributed by atoms with Gasteiger partial charge in [-0.05, 0) is 36.4 Å². The van der Waals surface area contributed by atoms with Crippen LogP contribution in [-0.4, -0.2) is 11.3 Å². The van der Waals surface area contributed by atoms with Crippen molar-refractivity contribution < 1.29 is 13.3 Å². The van der Waals surface area contributed by atoms with Gasteiger partial charge in [0.05, 0.1) is 23.7 Å². The maximum Gasteiger partial charge on any atom is 0.124 e. The highest BCUT2D eigenvalue weighted by atomic mass is 35.5. The van der Waals surface area contributed by atoms with Gasteiger partial charge in [-0.15, -0.1) is 0 Å². The van der Waals surface area contributed by atoms with Gasteiger partial charge in [-0.1, -0.05) is 17.7 Å². The Bertz CT molecular complexity index is 616.